The Kier molecular flexibility index (Phi) is 291. The van der Waals surface area contributed by atoms with Crippen molar-refractivity contribution in [3.8, 4) is 0 Å². The summed E-state index contributed by atoms with van der Waals surface area (Å²) in [6.45, 7) is 0. The van der Waals surface area contributed by atoms with Gasteiger partial charge in [0, 0.05) is 0 Å². The second-order valence-electron chi connectivity index (χ2n) is 0.274. The first kappa shape index (κ1) is 31.1. The molecule has 0 aromatic carbocycles. The third-order valence-corrected chi connectivity index (χ3v) is 0. The molecule has 0 aliphatic heterocycles. The summed E-state index contributed by atoms with van der Waals surface area (Å²) in [6, 6.07) is 0. The molecule has 6 nitrogen and oxygen atoms in total. The van der Waals surface area contributed by atoms with Crippen molar-refractivity contribution in [1.82, 2.24) is 0 Å². The van der Waals surface area contributed by atoms with Crippen LogP contribution < -0.4 is 29.6 Å². The van der Waals surface area contributed by atoms with Gasteiger partial charge in [-0.25, -0.2) is 0 Å². The van der Waals surface area contributed by atoms with E-state index < -0.39 is 0 Å². The summed E-state index contributed by atoms with van der Waals surface area (Å²) in [5.41, 5.74) is 0. The Bertz CT molecular complexity index is 115. The fraction of sp³-hybridized carbons (Fsp3) is 0. The van der Waals surface area contributed by atoms with Crippen molar-refractivity contribution < 1.29 is 60.7 Å². The van der Waals surface area contributed by atoms with E-state index in [9.17, 15) is 0 Å². The minimum Gasteiger partial charge on any atom is -0.724 e. The van der Waals surface area contributed by atoms with E-state index in [1.807, 2.05) is 0 Å². The van der Waals surface area contributed by atoms with Crippen LogP contribution in [0.3, 0.4) is 0 Å². The predicted molar refractivity (Wildman–Crippen MR) is 27.2 cm³/mol. The maximum atomic E-state index is 8.24. The van der Waals surface area contributed by atoms with Gasteiger partial charge < -0.3 is 16.2 Å². The van der Waals surface area contributed by atoms with Crippen molar-refractivity contribution >= 4 is 18.2 Å². The summed E-state index contributed by atoms with van der Waals surface area (Å²) in [6.07, 6.45) is 1.50. The fourth-order valence-electron chi connectivity index (χ4n) is 0. The van der Waals surface area contributed by atoms with Gasteiger partial charge in [0.25, 0.3) is 0 Å². The van der Waals surface area contributed by atoms with Crippen molar-refractivity contribution in [1.29, 1.82) is 0 Å². The number of rotatable bonds is 0. The molecule has 0 atom stereocenters. The molecule has 0 amide bonds. The molecular formula is C3CoN3NaO3. The molecule has 0 aliphatic rings. The molecule has 0 saturated heterocycles. The smallest absolute Gasteiger partial charge is 0.724 e. The first-order chi connectivity index (χ1) is 4.24. The molecule has 0 unspecified atom stereocenters. The van der Waals surface area contributed by atoms with Crippen LogP contribution in [-0.4, -0.2) is 18.2 Å². The molecule has 0 saturated carbocycles. The second kappa shape index (κ2) is 103. The summed E-state index contributed by atoms with van der Waals surface area (Å²) in [4.78, 5) is 24.7. The molecular weight excluding hydrogens is 208 g/mol. The van der Waals surface area contributed by atoms with Crippen LogP contribution in [0.25, 0.3) is 16.2 Å². The molecule has 0 heterocycles. The van der Waals surface area contributed by atoms with Gasteiger partial charge in [0.2, 0.25) is 0 Å². The van der Waals surface area contributed by atoms with E-state index in [1.165, 1.54) is 0 Å². The first-order valence-corrected chi connectivity index (χ1v) is 1.28. The molecule has 0 bridgehead atoms. The number of nitrogens with zero attached hydrogens (tertiary/aromatic N) is 3. The zero-order valence-corrected chi connectivity index (χ0v) is 8.44. The van der Waals surface area contributed by atoms with Crippen molar-refractivity contribution in [2.45, 2.75) is 0 Å². The molecule has 1 radical (unpaired) electrons. The van der Waals surface area contributed by atoms with Gasteiger partial charge in [0.1, 0.15) is 0 Å². The summed E-state index contributed by atoms with van der Waals surface area (Å²) < 4.78 is 0. The van der Waals surface area contributed by atoms with Gasteiger partial charge >= 0.3 is 46.3 Å². The molecule has 0 aromatic heterocycles. The molecule has 0 fully saturated rings. The number of hydrogen-bond acceptors (Lipinski definition) is 3. The summed E-state index contributed by atoms with van der Waals surface area (Å²) in [5, 5.41) is 20.3. The molecule has 0 aliphatic carbocycles. The number of carbonyl (C=O) groups excluding carboxylic acids is 3. The molecule has 0 N–H and O–H groups in total. The molecule has 0 aromatic rings. The Morgan fingerprint density at radius 3 is 0.727 bits per heavy atom. The monoisotopic (exact) mass is 208 g/mol. The van der Waals surface area contributed by atoms with E-state index in [-0.39, 0.29) is 46.3 Å². The number of hydrogen-bond donors (Lipinski definition) is 0. The van der Waals surface area contributed by atoms with Crippen LogP contribution in [0.5, 0.6) is 0 Å². The molecule has 11 heavy (non-hydrogen) atoms. The normalized spacial score (nSPS) is 2.18. The van der Waals surface area contributed by atoms with Crippen LogP contribution >= 0.6 is 0 Å². The Hall–Kier alpha value is -0.354. The predicted octanol–water partition coefficient (Wildman–Crippen LogP) is -3.32. The maximum Gasteiger partial charge on any atom is 2.00 e. The van der Waals surface area contributed by atoms with E-state index in [2.05, 4.69) is 0 Å². The largest absolute Gasteiger partial charge is 2.00 e. The van der Waals surface area contributed by atoms with Gasteiger partial charge in [-0.3, -0.25) is 14.4 Å². The van der Waals surface area contributed by atoms with Crippen LogP contribution in [0.15, 0.2) is 0 Å². The molecule has 55 valence electrons. The summed E-state index contributed by atoms with van der Waals surface area (Å²) >= 11 is 0. The van der Waals surface area contributed by atoms with Crippen molar-refractivity contribution in [3.63, 3.8) is 0 Å². The zero-order valence-electron chi connectivity index (χ0n) is 5.40. The SMILES string of the molecule is [Co+2].[N-]=C=O.[N-]=C=O.[N-]=C=O.[Na+]. The van der Waals surface area contributed by atoms with Crippen LogP contribution in [0.2, 0.25) is 0 Å². The van der Waals surface area contributed by atoms with Gasteiger partial charge in [-0.1, -0.05) is 0 Å². The molecule has 0 spiro atoms. The van der Waals surface area contributed by atoms with Gasteiger partial charge in [-0.2, -0.15) is 0 Å². The van der Waals surface area contributed by atoms with Crippen LogP contribution in [0.4, 0.5) is 0 Å². The Labute approximate surface area is 94.8 Å². The molecule has 0 rings (SSSR count). The third-order valence-electron chi connectivity index (χ3n) is 0. The first-order valence-electron chi connectivity index (χ1n) is 1.28. The zero-order chi connectivity index (χ0) is 8.12. The van der Waals surface area contributed by atoms with Crippen molar-refractivity contribution in [2.24, 2.45) is 0 Å². The van der Waals surface area contributed by atoms with Crippen LogP contribution in [0.1, 0.15) is 0 Å². The Balaban J connectivity index is -0.0000000150. The van der Waals surface area contributed by atoms with Gasteiger partial charge in [-0.05, 0) is 18.2 Å². The second-order valence-corrected chi connectivity index (χ2v) is 0.274. The topological polar surface area (TPSA) is 118 Å². The average Bonchev–Trinajstić information content (AvgIpc) is 1.70. The van der Waals surface area contributed by atoms with Crippen molar-refractivity contribution in [2.75, 3.05) is 0 Å². The van der Waals surface area contributed by atoms with E-state index in [1.54, 1.807) is 0 Å². The standard InChI is InChI=1S/3CNO.Co.Na/c3*2-1-3;;/q3*-1;+2;+1. The minimum atomic E-state index is 0. The summed E-state index contributed by atoms with van der Waals surface area (Å²) in [7, 11) is 0. The van der Waals surface area contributed by atoms with E-state index in [0.717, 1.165) is 0 Å². The van der Waals surface area contributed by atoms with Gasteiger partial charge in [0.05, 0.1) is 0 Å². The van der Waals surface area contributed by atoms with Crippen molar-refractivity contribution in [3.05, 3.63) is 16.2 Å². The molecule has 8 heteroatoms. The fourth-order valence-corrected chi connectivity index (χ4v) is 0. The Morgan fingerprint density at radius 2 is 0.727 bits per heavy atom. The quantitative estimate of drug-likeness (QED) is 0.235. The van der Waals surface area contributed by atoms with Crippen LogP contribution in [0, 0.1) is 0 Å². The Morgan fingerprint density at radius 1 is 0.727 bits per heavy atom. The minimum absolute atomic E-state index is 0. The number of isocyanates is 3. The average molecular weight is 208 g/mol. The van der Waals surface area contributed by atoms with E-state index >= 15 is 0 Å². The van der Waals surface area contributed by atoms with E-state index in [0.29, 0.717) is 18.2 Å². The van der Waals surface area contributed by atoms with Gasteiger partial charge in [0.15, 0.2) is 0 Å². The summed E-state index contributed by atoms with van der Waals surface area (Å²) in [5.74, 6) is 0. The third kappa shape index (κ3) is 4510. The maximum absolute atomic E-state index is 8.24. The van der Waals surface area contributed by atoms with Crippen LogP contribution in [-0.2, 0) is 31.2 Å². The van der Waals surface area contributed by atoms with Gasteiger partial charge in [-0.15, -0.1) is 0 Å². The van der Waals surface area contributed by atoms with E-state index in [4.69, 9.17) is 30.6 Å².